The Bertz CT molecular complexity index is 2880. The van der Waals surface area contributed by atoms with E-state index in [-0.39, 0.29) is 5.41 Å². The number of benzene rings is 7. The smallest absolute Gasteiger partial charge is 0.137 e. The Hall–Kier alpha value is -6.06. The predicted molar refractivity (Wildman–Crippen MR) is 211 cm³/mol. The molecular weight excluding hydrogens is 623 g/mol. The van der Waals surface area contributed by atoms with E-state index in [1.807, 2.05) is 12.1 Å². The molecule has 2 aromatic heterocycles. The summed E-state index contributed by atoms with van der Waals surface area (Å²) in [7, 11) is 0. The standard InChI is InChI=1S/C48H35NO2/c1-48(2)41-15-6-3-12-34(41)35-22-20-32(25-42(35)48)49(33-21-23-38-36-13-4-7-16-44(36)50-46(38)26-33)43-28-47-40(37-14-5-8-17-45(37)51-47)27-39(43)31-19-18-29-10-9-11-30(29)24-31/h3-8,12-28H,9-11H2,1-2H3. The Kier molecular flexibility index (Phi) is 5.90. The number of hydrogen-bond donors (Lipinski definition) is 0. The van der Waals surface area contributed by atoms with Crippen LogP contribution in [-0.2, 0) is 18.3 Å². The van der Waals surface area contributed by atoms with Gasteiger partial charge in [0.25, 0.3) is 0 Å². The summed E-state index contributed by atoms with van der Waals surface area (Å²) in [6.45, 7) is 4.70. The first-order valence-corrected chi connectivity index (χ1v) is 18.0. The van der Waals surface area contributed by atoms with Gasteiger partial charge in [0, 0.05) is 56.0 Å². The van der Waals surface area contributed by atoms with E-state index in [4.69, 9.17) is 8.83 Å². The molecular formula is C48H35NO2. The van der Waals surface area contributed by atoms with Crippen LogP contribution < -0.4 is 4.90 Å². The number of rotatable bonds is 4. The van der Waals surface area contributed by atoms with Crippen LogP contribution in [0.5, 0.6) is 0 Å². The summed E-state index contributed by atoms with van der Waals surface area (Å²) in [5.41, 5.74) is 17.3. The van der Waals surface area contributed by atoms with Crippen molar-refractivity contribution in [2.75, 3.05) is 4.90 Å². The molecule has 3 heteroatoms. The minimum absolute atomic E-state index is 0.137. The molecule has 0 fully saturated rings. The Morgan fingerprint density at radius 2 is 1.12 bits per heavy atom. The molecule has 2 aliphatic rings. The molecule has 0 atom stereocenters. The Morgan fingerprint density at radius 3 is 1.96 bits per heavy atom. The highest BCUT2D eigenvalue weighted by molar-refractivity contribution is 6.10. The second-order valence-corrected chi connectivity index (χ2v) is 14.8. The first kappa shape index (κ1) is 28.7. The average Bonchev–Trinajstić information content (AvgIpc) is 3.92. The molecule has 2 heterocycles. The monoisotopic (exact) mass is 657 g/mol. The third kappa shape index (κ3) is 4.18. The van der Waals surface area contributed by atoms with Gasteiger partial charge in [-0.3, -0.25) is 0 Å². The zero-order chi connectivity index (χ0) is 33.8. The highest BCUT2D eigenvalue weighted by Gasteiger charge is 2.36. The Morgan fingerprint density at radius 1 is 0.471 bits per heavy atom. The molecule has 11 rings (SSSR count). The van der Waals surface area contributed by atoms with E-state index in [0.717, 1.165) is 73.8 Å². The van der Waals surface area contributed by atoms with E-state index < -0.39 is 0 Å². The van der Waals surface area contributed by atoms with Crippen molar-refractivity contribution in [1.29, 1.82) is 0 Å². The summed E-state index contributed by atoms with van der Waals surface area (Å²) in [4.78, 5) is 2.42. The molecule has 0 saturated carbocycles. The molecule has 51 heavy (non-hydrogen) atoms. The second-order valence-electron chi connectivity index (χ2n) is 14.8. The molecule has 9 aromatic rings. The van der Waals surface area contributed by atoms with E-state index in [0.29, 0.717) is 0 Å². The van der Waals surface area contributed by atoms with Crippen LogP contribution in [0.4, 0.5) is 17.1 Å². The number of furan rings is 2. The van der Waals surface area contributed by atoms with Gasteiger partial charge in [0.15, 0.2) is 0 Å². The van der Waals surface area contributed by atoms with Crippen molar-refractivity contribution >= 4 is 60.9 Å². The minimum Gasteiger partial charge on any atom is -0.456 e. The molecule has 0 radical (unpaired) electrons. The lowest BCUT2D eigenvalue weighted by molar-refractivity contribution is 0.660. The van der Waals surface area contributed by atoms with Crippen molar-refractivity contribution in [3.05, 3.63) is 162 Å². The summed E-state index contributed by atoms with van der Waals surface area (Å²) in [5, 5.41) is 4.51. The number of para-hydroxylation sites is 2. The third-order valence-corrected chi connectivity index (χ3v) is 11.6. The largest absolute Gasteiger partial charge is 0.456 e. The van der Waals surface area contributed by atoms with Gasteiger partial charge >= 0.3 is 0 Å². The Balaban J connectivity index is 1.21. The van der Waals surface area contributed by atoms with Gasteiger partial charge in [-0.25, -0.2) is 0 Å². The number of aryl methyl sites for hydroxylation is 2. The van der Waals surface area contributed by atoms with Gasteiger partial charge in [-0.1, -0.05) is 98.8 Å². The van der Waals surface area contributed by atoms with Crippen molar-refractivity contribution < 1.29 is 8.83 Å². The van der Waals surface area contributed by atoms with Crippen LogP contribution in [0.3, 0.4) is 0 Å². The molecule has 0 bridgehead atoms. The lowest BCUT2D eigenvalue weighted by atomic mass is 9.82. The lowest BCUT2D eigenvalue weighted by Gasteiger charge is -2.30. The van der Waals surface area contributed by atoms with E-state index in [2.05, 4.69) is 146 Å². The molecule has 0 amide bonds. The molecule has 0 aliphatic heterocycles. The van der Waals surface area contributed by atoms with Crippen LogP contribution in [0.15, 0.2) is 148 Å². The highest BCUT2D eigenvalue weighted by atomic mass is 16.3. The fourth-order valence-electron chi connectivity index (χ4n) is 9.03. The zero-order valence-corrected chi connectivity index (χ0v) is 28.7. The minimum atomic E-state index is -0.137. The molecule has 2 aliphatic carbocycles. The van der Waals surface area contributed by atoms with Crippen molar-refractivity contribution in [3.8, 4) is 22.3 Å². The topological polar surface area (TPSA) is 29.5 Å². The third-order valence-electron chi connectivity index (χ3n) is 11.6. The van der Waals surface area contributed by atoms with Crippen LogP contribution in [0, 0.1) is 0 Å². The molecule has 0 saturated heterocycles. The van der Waals surface area contributed by atoms with Crippen molar-refractivity contribution in [3.63, 3.8) is 0 Å². The van der Waals surface area contributed by atoms with Crippen molar-refractivity contribution in [2.24, 2.45) is 0 Å². The highest BCUT2D eigenvalue weighted by Crippen LogP contribution is 2.52. The first-order valence-electron chi connectivity index (χ1n) is 18.0. The van der Waals surface area contributed by atoms with Gasteiger partial charge in [-0.15, -0.1) is 0 Å². The number of fused-ring (bicyclic) bond motifs is 10. The summed E-state index contributed by atoms with van der Waals surface area (Å²) >= 11 is 0. The summed E-state index contributed by atoms with van der Waals surface area (Å²) in [6, 6.07) is 50.9. The summed E-state index contributed by atoms with van der Waals surface area (Å²) < 4.78 is 13.1. The quantitative estimate of drug-likeness (QED) is 0.189. The van der Waals surface area contributed by atoms with Gasteiger partial charge in [0.05, 0.1) is 5.69 Å². The Labute approximate surface area is 296 Å². The van der Waals surface area contributed by atoms with E-state index in [1.54, 1.807) is 0 Å². The molecule has 3 nitrogen and oxygen atoms in total. The fourth-order valence-corrected chi connectivity index (χ4v) is 9.03. The average molecular weight is 658 g/mol. The van der Waals surface area contributed by atoms with Gasteiger partial charge in [-0.05, 0) is 101 Å². The second kappa shape index (κ2) is 10.5. The van der Waals surface area contributed by atoms with E-state index in [1.165, 1.54) is 50.9 Å². The summed E-state index contributed by atoms with van der Waals surface area (Å²) in [6.07, 6.45) is 3.50. The maximum Gasteiger partial charge on any atom is 0.137 e. The van der Waals surface area contributed by atoms with Crippen molar-refractivity contribution in [1.82, 2.24) is 0 Å². The SMILES string of the molecule is CC1(C)c2ccccc2-c2ccc(N(c3ccc4c(c3)oc3ccccc34)c3cc4oc5ccccc5c4cc3-c3ccc4c(c3)CCC4)cc21. The number of anilines is 3. The van der Waals surface area contributed by atoms with Crippen LogP contribution in [0.2, 0.25) is 0 Å². The van der Waals surface area contributed by atoms with Crippen LogP contribution in [0.1, 0.15) is 42.5 Å². The maximum atomic E-state index is 6.59. The van der Waals surface area contributed by atoms with Gasteiger partial charge in [-0.2, -0.15) is 0 Å². The maximum absolute atomic E-state index is 6.59. The number of hydrogen-bond acceptors (Lipinski definition) is 3. The van der Waals surface area contributed by atoms with Gasteiger partial charge < -0.3 is 13.7 Å². The van der Waals surface area contributed by atoms with Gasteiger partial charge in [0.1, 0.15) is 22.3 Å². The molecule has 7 aromatic carbocycles. The van der Waals surface area contributed by atoms with Crippen LogP contribution >= 0.6 is 0 Å². The van der Waals surface area contributed by atoms with E-state index in [9.17, 15) is 0 Å². The van der Waals surface area contributed by atoms with Crippen molar-refractivity contribution in [2.45, 2.75) is 38.5 Å². The van der Waals surface area contributed by atoms with Crippen LogP contribution in [0.25, 0.3) is 66.1 Å². The molecule has 0 N–H and O–H groups in total. The van der Waals surface area contributed by atoms with Crippen LogP contribution in [-0.4, -0.2) is 0 Å². The summed E-state index contributed by atoms with van der Waals surface area (Å²) in [5.74, 6) is 0. The molecule has 0 spiro atoms. The lowest BCUT2D eigenvalue weighted by Crippen LogP contribution is -2.17. The number of nitrogens with zero attached hydrogens (tertiary/aromatic N) is 1. The first-order chi connectivity index (χ1) is 25.0. The van der Waals surface area contributed by atoms with E-state index >= 15 is 0 Å². The zero-order valence-electron chi connectivity index (χ0n) is 28.7. The predicted octanol–water partition coefficient (Wildman–Crippen LogP) is 13.4. The fraction of sp³-hybridized carbons (Fsp3) is 0.125. The molecule has 244 valence electrons. The molecule has 0 unspecified atom stereocenters. The van der Waals surface area contributed by atoms with Gasteiger partial charge in [0.2, 0.25) is 0 Å². The normalized spacial score (nSPS) is 14.4.